The first kappa shape index (κ1) is 11.1. The molecule has 1 unspecified atom stereocenters. The zero-order valence-electron chi connectivity index (χ0n) is 9.94. The van der Waals surface area contributed by atoms with Crippen LogP contribution in [-0.4, -0.2) is 23.4 Å². The zero-order chi connectivity index (χ0) is 11.5. The highest BCUT2D eigenvalue weighted by molar-refractivity contribution is 5.85. The van der Waals surface area contributed by atoms with Crippen LogP contribution in [0, 0.1) is 6.92 Å². The van der Waals surface area contributed by atoms with Gasteiger partial charge in [-0.05, 0) is 44.7 Å². The molecule has 1 saturated heterocycles. The fourth-order valence-corrected chi connectivity index (χ4v) is 2.43. The van der Waals surface area contributed by atoms with E-state index in [4.69, 9.17) is 0 Å². The Bertz CT molecular complexity index is 389. The Labute approximate surface area is 96.5 Å². The molecule has 0 bridgehead atoms. The maximum absolute atomic E-state index is 11.6. The topological polar surface area (TPSA) is 33.2 Å². The van der Waals surface area contributed by atoms with Crippen molar-refractivity contribution in [2.24, 2.45) is 0 Å². The second-order valence-electron chi connectivity index (χ2n) is 4.48. The quantitative estimate of drug-likeness (QED) is 0.764. The van der Waals surface area contributed by atoms with Gasteiger partial charge in [0.1, 0.15) is 0 Å². The van der Waals surface area contributed by atoms with E-state index in [0.717, 1.165) is 30.6 Å². The minimum atomic E-state index is 0.0647. The Morgan fingerprint density at radius 1 is 1.50 bits per heavy atom. The molecule has 1 fully saturated rings. The highest BCUT2D eigenvalue weighted by Crippen LogP contribution is 2.27. The average molecular weight is 218 g/mol. The highest BCUT2D eigenvalue weighted by Gasteiger charge is 2.26. The van der Waals surface area contributed by atoms with Gasteiger partial charge in [0.25, 0.3) is 0 Å². The van der Waals surface area contributed by atoms with Gasteiger partial charge in [0.2, 0.25) is 0 Å². The smallest absolute Gasteiger partial charge is 0.152 e. The lowest BCUT2D eigenvalue weighted by Gasteiger charge is -2.36. The number of carbonyl (C=O) groups is 1. The van der Waals surface area contributed by atoms with Crippen LogP contribution in [0.15, 0.2) is 18.5 Å². The van der Waals surface area contributed by atoms with E-state index in [0.29, 0.717) is 0 Å². The van der Waals surface area contributed by atoms with Gasteiger partial charge >= 0.3 is 0 Å². The first-order chi connectivity index (χ1) is 7.70. The number of Topliss-reactive ketones (excluding diaryl/α,β-unsaturated/α-hetero) is 1. The molecule has 1 aromatic rings. The summed E-state index contributed by atoms with van der Waals surface area (Å²) < 4.78 is 0. The van der Waals surface area contributed by atoms with Crippen LogP contribution >= 0.6 is 0 Å². The van der Waals surface area contributed by atoms with Crippen molar-refractivity contribution in [3.63, 3.8) is 0 Å². The van der Waals surface area contributed by atoms with Gasteiger partial charge in [0, 0.05) is 24.6 Å². The number of hydrogen-bond donors (Lipinski definition) is 0. The summed E-state index contributed by atoms with van der Waals surface area (Å²) in [6.45, 7) is 4.72. The molecule has 0 saturated carbocycles. The Morgan fingerprint density at radius 2 is 2.31 bits per heavy atom. The summed E-state index contributed by atoms with van der Waals surface area (Å²) in [7, 11) is 0. The van der Waals surface area contributed by atoms with Crippen molar-refractivity contribution in [2.45, 2.75) is 39.2 Å². The summed E-state index contributed by atoms with van der Waals surface area (Å²) in [6, 6.07) is 2.08. The van der Waals surface area contributed by atoms with E-state index >= 15 is 0 Å². The molecule has 0 amide bonds. The number of aryl methyl sites for hydroxylation is 1. The number of aromatic nitrogens is 1. The fraction of sp³-hybridized carbons (Fsp3) is 0.538. The Balaban J connectivity index is 2.30. The van der Waals surface area contributed by atoms with Crippen LogP contribution in [-0.2, 0) is 4.79 Å². The fourth-order valence-electron chi connectivity index (χ4n) is 2.43. The van der Waals surface area contributed by atoms with Crippen LogP contribution in [0.3, 0.4) is 0 Å². The lowest BCUT2D eigenvalue weighted by molar-refractivity contribution is -0.118. The molecule has 1 aromatic heterocycles. The number of hydrogen-bond acceptors (Lipinski definition) is 3. The number of ketones is 1. The van der Waals surface area contributed by atoms with Crippen LogP contribution in [0.4, 0.5) is 5.69 Å². The summed E-state index contributed by atoms with van der Waals surface area (Å²) in [4.78, 5) is 18.0. The van der Waals surface area contributed by atoms with E-state index < -0.39 is 0 Å². The number of pyridine rings is 1. The minimum absolute atomic E-state index is 0.0647. The van der Waals surface area contributed by atoms with Crippen molar-refractivity contribution < 1.29 is 4.79 Å². The Hall–Kier alpha value is -1.38. The maximum Gasteiger partial charge on any atom is 0.152 e. The summed E-state index contributed by atoms with van der Waals surface area (Å²) in [6.07, 6.45) is 6.97. The molecule has 3 heteroatoms. The lowest BCUT2D eigenvalue weighted by atomic mass is 9.98. The number of carbonyl (C=O) groups excluding carboxylic acids is 1. The van der Waals surface area contributed by atoms with Gasteiger partial charge < -0.3 is 4.90 Å². The second kappa shape index (κ2) is 4.64. The number of anilines is 1. The van der Waals surface area contributed by atoms with Crippen molar-refractivity contribution in [1.82, 2.24) is 4.98 Å². The second-order valence-corrected chi connectivity index (χ2v) is 4.48. The van der Waals surface area contributed by atoms with Gasteiger partial charge in [0.15, 0.2) is 5.78 Å². The highest BCUT2D eigenvalue weighted by atomic mass is 16.1. The van der Waals surface area contributed by atoms with Crippen LogP contribution in [0.25, 0.3) is 0 Å². The van der Waals surface area contributed by atoms with E-state index in [2.05, 4.69) is 9.88 Å². The zero-order valence-corrected chi connectivity index (χ0v) is 9.94. The molecule has 86 valence electrons. The molecule has 0 N–H and O–H groups in total. The summed E-state index contributed by atoms with van der Waals surface area (Å²) in [5, 5.41) is 0. The first-order valence-electron chi connectivity index (χ1n) is 5.88. The largest absolute Gasteiger partial charge is 0.361 e. The number of nitrogens with zero attached hydrogens (tertiary/aromatic N) is 2. The van der Waals surface area contributed by atoms with E-state index in [9.17, 15) is 4.79 Å². The summed E-state index contributed by atoms with van der Waals surface area (Å²) in [5.41, 5.74) is 2.31. The minimum Gasteiger partial charge on any atom is -0.361 e. The third kappa shape index (κ3) is 2.08. The Kier molecular flexibility index (Phi) is 3.22. The van der Waals surface area contributed by atoms with Crippen molar-refractivity contribution in [2.75, 3.05) is 11.4 Å². The van der Waals surface area contributed by atoms with Gasteiger partial charge in [-0.3, -0.25) is 9.78 Å². The average Bonchev–Trinajstić information content (AvgIpc) is 2.29. The molecule has 0 aliphatic carbocycles. The van der Waals surface area contributed by atoms with Crippen LogP contribution < -0.4 is 4.90 Å². The molecule has 2 heterocycles. The van der Waals surface area contributed by atoms with Gasteiger partial charge in [0.05, 0.1) is 6.04 Å². The molecule has 1 aliphatic heterocycles. The van der Waals surface area contributed by atoms with Gasteiger partial charge in [-0.1, -0.05) is 0 Å². The van der Waals surface area contributed by atoms with Crippen molar-refractivity contribution in [3.05, 3.63) is 24.0 Å². The van der Waals surface area contributed by atoms with Gasteiger partial charge in [-0.25, -0.2) is 0 Å². The molecular formula is C13H18N2O. The SMILES string of the molecule is CC(=O)C1CCCCN1c1ccncc1C. The number of piperidine rings is 1. The summed E-state index contributed by atoms with van der Waals surface area (Å²) in [5.74, 6) is 0.274. The first-order valence-corrected chi connectivity index (χ1v) is 5.88. The third-order valence-electron chi connectivity index (χ3n) is 3.27. The predicted molar refractivity (Wildman–Crippen MR) is 64.6 cm³/mol. The van der Waals surface area contributed by atoms with Gasteiger partial charge in [-0.15, -0.1) is 0 Å². The van der Waals surface area contributed by atoms with E-state index in [1.807, 2.05) is 19.2 Å². The third-order valence-corrected chi connectivity index (χ3v) is 3.27. The maximum atomic E-state index is 11.6. The lowest BCUT2D eigenvalue weighted by Crippen LogP contribution is -2.44. The predicted octanol–water partition coefficient (Wildman–Crippen LogP) is 2.34. The number of rotatable bonds is 2. The van der Waals surface area contributed by atoms with Crippen LogP contribution in [0.5, 0.6) is 0 Å². The molecular weight excluding hydrogens is 200 g/mol. The Morgan fingerprint density at radius 3 is 3.00 bits per heavy atom. The molecule has 0 radical (unpaired) electrons. The van der Waals surface area contributed by atoms with Crippen molar-refractivity contribution in [1.29, 1.82) is 0 Å². The molecule has 0 aromatic carbocycles. The molecule has 1 atom stereocenters. The van der Waals surface area contributed by atoms with E-state index in [1.54, 1.807) is 13.1 Å². The molecule has 1 aliphatic rings. The van der Waals surface area contributed by atoms with Crippen molar-refractivity contribution in [3.8, 4) is 0 Å². The monoisotopic (exact) mass is 218 g/mol. The molecule has 2 rings (SSSR count). The van der Waals surface area contributed by atoms with E-state index in [-0.39, 0.29) is 11.8 Å². The standard InChI is InChI=1S/C13H18N2O/c1-10-9-14-7-6-12(10)15-8-4-3-5-13(15)11(2)16/h6-7,9,13H,3-5,8H2,1-2H3. The normalized spacial score (nSPS) is 20.9. The van der Waals surface area contributed by atoms with Gasteiger partial charge in [-0.2, -0.15) is 0 Å². The molecule has 0 spiro atoms. The molecule has 16 heavy (non-hydrogen) atoms. The molecule has 3 nitrogen and oxygen atoms in total. The van der Waals surface area contributed by atoms with E-state index in [1.165, 1.54) is 6.42 Å². The van der Waals surface area contributed by atoms with Crippen molar-refractivity contribution >= 4 is 11.5 Å². The summed E-state index contributed by atoms with van der Waals surface area (Å²) >= 11 is 0. The van der Waals surface area contributed by atoms with Crippen LogP contribution in [0.2, 0.25) is 0 Å². The van der Waals surface area contributed by atoms with Crippen LogP contribution in [0.1, 0.15) is 31.7 Å².